The minimum absolute atomic E-state index is 0.0284. The van der Waals surface area contributed by atoms with E-state index in [0.29, 0.717) is 46.0 Å². The van der Waals surface area contributed by atoms with Crippen LogP contribution in [0.2, 0.25) is 0 Å². The van der Waals surface area contributed by atoms with Crippen molar-refractivity contribution >= 4 is 40.0 Å². The summed E-state index contributed by atoms with van der Waals surface area (Å²) in [6.07, 6.45) is 1.85. The zero-order chi connectivity index (χ0) is 24.9. The lowest BCUT2D eigenvalue weighted by Crippen LogP contribution is -2.29. The van der Waals surface area contributed by atoms with E-state index >= 15 is 0 Å². The summed E-state index contributed by atoms with van der Waals surface area (Å²) in [5, 5.41) is 3.90. The Morgan fingerprint density at radius 3 is 2.47 bits per heavy atom. The maximum Gasteiger partial charge on any atom is 0.262 e. The van der Waals surface area contributed by atoms with Crippen LogP contribution < -0.4 is 10.9 Å². The number of amides is 1. The summed E-state index contributed by atoms with van der Waals surface area (Å²) in [6.45, 7) is 1.12. The van der Waals surface area contributed by atoms with Gasteiger partial charge in [-0.25, -0.2) is 4.98 Å². The molecule has 36 heavy (non-hydrogen) atoms. The van der Waals surface area contributed by atoms with Gasteiger partial charge in [-0.05, 0) is 61.4 Å². The van der Waals surface area contributed by atoms with Crippen molar-refractivity contribution < 1.29 is 14.3 Å². The van der Waals surface area contributed by atoms with Crippen molar-refractivity contribution in [3.05, 3.63) is 100 Å². The summed E-state index contributed by atoms with van der Waals surface area (Å²) in [4.78, 5) is 43.2. The normalized spacial score (nSPS) is 15.2. The average Bonchev–Trinajstić information content (AvgIpc) is 3.43. The van der Waals surface area contributed by atoms with Gasteiger partial charge in [0.05, 0.1) is 29.3 Å². The summed E-state index contributed by atoms with van der Waals surface area (Å²) >= 11 is 1.25. The highest BCUT2D eigenvalue weighted by atomic mass is 32.2. The summed E-state index contributed by atoms with van der Waals surface area (Å²) in [5.41, 5.74) is 2.18. The molecule has 1 atom stereocenters. The molecule has 0 aliphatic carbocycles. The van der Waals surface area contributed by atoms with E-state index in [0.717, 1.165) is 12.8 Å². The highest BCUT2D eigenvalue weighted by Gasteiger charge is 2.21. The first-order chi connectivity index (χ1) is 17.6. The molecule has 3 aromatic carbocycles. The van der Waals surface area contributed by atoms with Crippen LogP contribution in [0.3, 0.4) is 0 Å². The summed E-state index contributed by atoms with van der Waals surface area (Å²) in [5.74, 6) is -0.171. The van der Waals surface area contributed by atoms with Gasteiger partial charge in [0.2, 0.25) is 0 Å². The van der Waals surface area contributed by atoms with Crippen molar-refractivity contribution in [1.82, 2.24) is 9.55 Å². The van der Waals surface area contributed by atoms with Crippen LogP contribution in [-0.4, -0.2) is 39.7 Å². The molecular formula is C28H25N3O4S. The SMILES string of the molecule is O=C(CSc1nc2ccccc2c(=O)n1CC1CCCO1)c1ccc(NC(=O)c2ccccc2)cc1. The minimum atomic E-state index is -0.211. The van der Waals surface area contributed by atoms with Gasteiger partial charge in [-0.15, -0.1) is 0 Å². The Bertz CT molecular complexity index is 1450. The molecule has 1 unspecified atom stereocenters. The Hall–Kier alpha value is -3.75. The van der Waals surface area contributed by atoms with Gasteiger partial charge in [0.1, 0.15) is 0 Å². The van der Waals surface area contributed by atoms with E-state index in [4.69, 9.17) is 4.74 Å². The topological polar surface area (TPSA) is 90.3 Å². The van der Waals surface area contributed by atoms with Gasteiger partial charge in [-0.2, -0.15) is 0 Å². The number of carbonyl (C=O) groups is 2. The van der Waals surface area contributed by atoms with Crippen LogP contribution in [0.25, 0.3) is 10.9 Å². The number of rotatable bonds is 8. The highest BCUT2D eigenvalue weighted by Crippen LogP contribution is 2.22. The molecule has 0 spiro atoms. The van der Waals surface area contributed by atoms with E-state index < -0.39 is 0 Å². The molecule has 5 rings (SSSR count). The van der Waals surface area contributed by atoms with Gasteiger partial charge in [0, 0.05) is 23.4 Å². The van der Waals surface area contributed by atoms with E-state index in [1.807, 2.05) is 24.3 Å². The Kier molecular flexibility index (Phi) is 7.25. The fourth-order valence-electron chi connectivity index (χ4n) is 4.16. The van der Waals surface area contributed by atoms with Crippen LogP contribution >= 0.6 is 11.8 Å². The standard InChI is InChI=1S/C28H25N3O4S/c32-25(19-12-14-21(15-13-19)29-26(33)20-7-2-1-3-8-20)18-36-28-30-24-11-5-4-10-23(24)27(34)31(28)17-22-9-6-16-35-22/h1-5,7-8,10-15,22H,6,9,16-18H2,(H,29,33). The van der Waals surface area contributed by atoms with Crippen molar-refractivity contribution in [2.45, 2.75) is 30.6 Å². The molecule has 1 aliphatic rings. The lowest BCUT2D eigenvalue weighted by atomic mass is 10.1. The monoisotopic (exact) mass is 499 g/mol. The molecule has 8 heteroatoms. The van der Waals surface area contributed by atoms with Crippen molar-refractivity contribution in [1.29, 1.82) is 0 Å². The fourth-order valence-corrected chi connectivity index (χ4v) is 5.06. The Morgan fingerprint density at radius 2 is 1.72 bits per heavy atom. The van der Waals surface area contributed by atoms with Crippen molar-refractivity contribution in [3.8, 4) is 0 Å². The molecule has 4 aromatic rings. The van der Waals surface area contributed by atoms with Crippen molar-refractivity contribution in [2.24, 2.45) is 0 Å². The zero-order valence-corrected chi connectivity index (χ0v) is 20.4. The number of aromatic nitrogens is 2. The van der Waals surface area contributed by atoms with Crippen LogP contribution in [0.5, 0.6) is 0 Å². The number of anilines is 1. The molecule has 7 nitrogen and oxygen atoms in total. The van der Waals surface area contributed by atoms with E-state index in [-0.39, 0.29) is 29.1 Å². The second-order valence-corrected chi connectivity index (χ2v) is 9.51. The van der Waals surface area contributed by atoms with Gasteiger partial charge in [-0.3, -0.25) is 19.0 Å². The molecule has 1 N–H and O–H groups in total. The molecule has 1 amide bonds. The molecule has 0 saturated carbocycles. The summed E-state index contributed by atoms with van der Waals surface area (Å²) in [7, 11) is 0. The zero-order valence-electron chi connectivity index (χ0n) is 19.6. The number of hydrogen-bond donors (Lipinski definition) is 1. The fraction of sp³-hybridized carbons (Fsp3) is 0.214. The number of ether oxygens (including phenoxy) is 1. The molecule has 0 radical (unpaired) electrons. The average molecular weight is 500 g/mol. The predicted molar refractivity (Wildman–Crippen MR) is 141 cm³/mol. The number of benzene rings is 3. The number of hydrogen-bond acceptors (Lipinski definition) is 6. The van der Waals surface area contributed by atoms with E-state index in [1.54, 1.807) is 59.2 Å². The minimum Gasteiger partial charge on any atom is -0.376 e. The molecule has 1 aromatic heterocycles. The second kappa shape index (κ2) is 10.9. The maximum atomic E-state index is 13.2. The summed E-state index contributed by atoms with van der Waals surface area (Å²) in [6, 6.07) is 23.0. The Morgan fingerprint density at radius 1 is 0.972 bits per heavy atom. The number of thioether (sulfide) groups is 1. The van der Waals surface area contributed by atoms with Crippen LogP contribution in [0.15, 0.2) is 88.8 Å². The first kappa shape index (κ1) is 24.0. The van der Waals surface area contributed by atoms with Gasteiger partial charge in [-0.1, -0.05) is 42.1 Å². The van der Waals surface area contributed by atoms with Crippen LogP contribution in [0, 0.1) is 0 Å². The molecule has 1 fully saturated rings. The largest absolute Gasteiger partial charge is 0.376 e. The molecule has 0 bridgehead atoms. The van der Waals surface area contributed by atoms with E-state index in [9.17, 15) is 14.4 Å². The van der Waals surface area contributed by atoms with Crippen LogP contribution in [0.1, 0.15) is 33.6 Å². The Labute approximate surface area is 212 Å². The number of Topliss-reactive ketones (excluding diaryl/α,β-unsaturated/α-hetero) is 1. The second-order valence-electron chi connectivity index (χ2n) is 8.57. The first-order valence-corrected chi connectivity index (χ1v) is 12.8. The smallest absolute Gasteiger partial charge is 0.262 e. The molecule has 182 valence electrons. The number of nitrogens with zero attached hydrogens (tertiary/aromatic N) is 2. The molecular weight excluding hydrogens is 474 g/mol. The van der Waals surface area contributed by atoms with Gasteiger partial charge >= 0.3 is 0 Å². The number of carbonyl (C=O) groups excluding carboxylic acids is 2. The number of para-hydroxylation sites is 1. The van der Waals surface area contributed by atoms with Crippen LogP contribution in [-0.2, 0) is 11.3 Å². The molecule has 1 saturated heterocycles. The maximum absolute atomic E-state index is 13.2. The third-order valence-electron chi connectivity index (χ3n) is 6.07. The van der Waals surface area contributed by atoms with Crippen molar-refractivity contribution in [2.75, 3.05) is 17.7 Å². The van der Waals surface area contributed by atoms with Gasteiger partial charge < -0.3 is 10.1 Å². The van der Waals surface area contributed by atoms with Gasteiger partial charge in [0.25, 0.3) is 11.5 Å². The summed E-state index contributed by atoms with van der Waals surface area (Å²) < 4.78 is 7.38. The quantitative estimate of drug-likeness (QED) is 0.213. The molecule has 2 heterocycles. The van der Waals surface area contributed by atoms with E-state index in [1.165, 1.54) is 11.8 Å². The van der Waals surface area contributed by atoms with E-state index in [2.05, 4.69) is 10.3 Å². The highest BCUT2D eigenvalue weighted by molar-refractivity contribution is 7.99. The number of nitrogens with one attached hydrogen (secondary N) is 1. The third kappa shape index (κ3) is 5.40. The van der Waals surface area contributed by atoms with Crippen LogP contribution in [0.4, 0.5) is 5.69 Å². The Balaban J connectivity index is 1.29. The van der Waals surface area contributed by atoms with Gasteiger partial charge in [0.15, 0.2) is 10.9 Å². The third-order valence-corrected chi connectivity index (χ3v) is 7.05. The predicted octanol–water partition coefficient (Wildman–Crippen LogP) is 4.80. The lowest BCUT2D eigenvalue weighted by Gasteiger charge is -2.16. The first-order valence-electron chi connectivity index (χ1n) is 11.8. The number of fused-ring (bicyclic) bond motifs is 1. The van der Waals surface area contributed by atoms with Crippen molar-refractivity contribution in [3.63, 3.8) is 0 Å². The lowest BCUT2D eigenvalue weighted by molar-refractivity contribution is 0.0937. The molecule has 1 aliphatic heterocycles. The number of ketones is 1.